The van der Waals surface area contributed by atoms with Crippen LogP contribution in [0.3, 0.4) is 0 Å². The van der Waals surface area contributed by atoms with E-state index < -0.39 is 38.2 Å². The number of likely N-dealkylation sites (tertiary alicyclic amines) is 1. The quantitative estimate of drug-likeness (QED) is 0.657. The summed E-state index contributed by atoms with van der Waals surface area (Å²) in [6.07, 6.45) is -0.314. The summed E-state index contributed by atoms with van der Waals surface area (Å²) in [5.74, 6) is -1.35. The largest absolute Gasteiger partial charge is 0.469 e. The van der Waals surface area contributed by atoms with Crippen molar-refractivity contribution < 1.29 is 27.5 Å². The zero-order chi connectivity index (χ0) is 16.1. The minimum atomic E-state index is -3.41. The molecule has 21 heavy (non-hydrogen) atoms. The molecule has 7 nitrogen and oxygen atoms in total. The molecule has 0 aromatic heterocycles. The lowest BCUT2D eigenvalue weighted by Crippen LogP contribution is -2.66. The van der Waals surface area contributed by atoms with E-state index in [-0.39, 0.29) is 25.3 Å². The second kappa shape index (κ2) is 4.86. The minimum Gasteiger partial charge on any atom is -0.469 e. The summed E-state index contributed by atoms with van der Waals surface area (Å²) in [4.78, 5) is 24.8. The molecular weight excluding hydrogens is 298 g/mol. The van der Waals surface area contributed by atoms with E-state index in [1.807, 2.05) is 0 Å². The maximum absolute atomic E-state index is 12.3. The van der Waals surface area contributed by atoms with Crippen LogP contribution in [0.5, 0.6) is 0 Å². The third-order valence-electron chi connectivity index (χ3n) is 3.84. The zero-order valence-electron chi connectivity index (χ0n) is 12.7. The lowest BCUT2D eigenvalue weighted by atomic mass is 9.89. The fourth-order valence-electron chi connectivity index (χ4n) is 2.83. The molecular formula is C13H21NO6S. The molecule has 1 unspecified atom stereocenters. The molecule has 2 fully saturated rings. The van der Waals surface area contributed by atoms with Gasteiger partial charge in [-0.2, -0.15) is 0 Å². The van der Waals surface area contributed by atoms with Gasteiger partial charge in [0.25, 0.3) is 0 Å². The van der Waals surface area contributed by atoms with E-state index >= 15 is 0 Å². The molecule has 2 saturated heterocycles. The molecule has 120 valence electrons. The van der Waals surface area contributed by atoms with E-state index in [1.165, 1.54) is 12.0 Å². The molecule has 0 aromatic carbocycles. The molecule has 2 rings (SSSR count). The molecule has 2 heterocycles. The molecule has 1 spiro atoms. The van der Waals surface area contributed by atoms with Crippen LogP contribution in [0.2, 0.25) is 0 Å². The molecule has 0 radical (unpaired) electrons. The third-order valence-corrected chi connectivity index (χ3v) is 6.43. The molecule has 0 aromatic rings. The van der Waals surface area contributed by atoms with Gasteiger partial charge in [-0.15, -0.1) is 0 Å². The van der Waals surface area contributed by atoms with Gasteiger partial charge in [0.1, 0.15) is 10.3 Å². The van der Waals surface area contributed by atoms with Crippen molar-refractivity contribution in [2.24, 2.45) is 5.92 Å². The number of nitrogens with zero attached hydrogens (tertiary/aromatic N) is 1. The highest BCUT2D eigenvalue weighted by Gasteiger charge is 2.62. The van der Waals surface area contributed by atoms with Crippen molar-refractivity contribution in [3.63, 3.8) is 0 Å². The van der Waals surface area contributed by atoms with Gasteiger partial charge >= 0.3 is 12.1 Å². The first kappa shape index (κ1) is 16.1. The maximum atomic E-state index is 12.3. The monoisotopic (exact) mass is 319 g/mol. The summed E-state index contributed by atoms with van der Waals surface area (Å²) in [5.41, 5.74) is -0.622. The lowest BCUT2D eigenvalue weighted by Gasteiger charge is -2.46. The number of hydrogen-bond acceptors (Lipinski definition) is 6. The van der Waals surface area contributed by atoms with E-state index in [9.17, 15) is 18.0 Å². The molecule has 2 aliphatic rings. The van der Waals surface area contributed by atoms with Gasteiger partial charge < -0.3 is 14.4 Å². The Balaban J connectivity index is 2.04. The van der Waals surface area contributed by atoms with Crippen molar-refractivity contribution >= 4 is 21.9 Å². The van der Waals surface area contributed by atoms with E-state index in [4.69, 9.17) is 4.74 Å². The first-order valence-electron chi connectivity index (χ1n) is 6.78. The summed E-state index contributed by atoms with van der Waals surface area (Å²) >= 11 is 0. The smallest absolute Gasteiger partial charge is 0.410 e. The first-order valence-corrected chi connectivity index (χ1v) is 8.43. The average Bonchev–Trinajstić information content (AvgIpc) is 2.55. The second-order valence-corrected chi connectivity index (χ2v) is 9.15. The number of rotatable bonds is 1. The Kier molecular flexibility index (Phi) is 3.72. The van der Waals surface area contributed by atoms with Gasteiger partial charge in [0.2, 0.25) is 0 Å². The lowest BCUT2D eigenvalue weighted by molar-refractivity contribution is -0.145. The number of methoxy groups -OCH3 is 1. The van der Waals surface area contributed by atoms with Gasteiger partial charge in [0.05, 0.1) is 18.8 Å². The van der Waals surface area contributed by atoms with Crippen LogP contribution >= 0.6 is 0 Å². The SMILES string of the molecule is COC(=O)C1CC2(CN(C(=O)OC(C)(C)C)C2)S(=O)(=O)C1. The van der Waals surface area contributed by atoms with Crippen LogP contribution in [-0.4, -0.2) is 61.7 Å². The van der Waals surface area contributed by atoms with Crippen molar-refractivity contribution in [1.82, 2.24) is 4.90 Å². The van der Waals surface area contributed by atoms with Crippen LogP contribution in [0.1, 0.15) is 27.2 Å². The first-order chi connectivity index (χ1) is 9.50. The number of hydrogen-bond donors (Lipinski definition) is 0. The molecule has 0 bridgehead atoms. The molecule has 8 heteroatoms. The Hall–Kier alpha value is -1.31. The Bertz CT molecular complexity index is 556. The highest BCUT2D eigenvalue weighted by Crippen LogP contribution is 2.43. The van der Waals surface area contributed by atoms with E-state index in [2.05, 4.69) is 4.74 Å². The number of ether oxygens (including phenoxy) is 2. The summed E-state index contributed by atoms with van der Waals surface area (Å²) < 4.78 is 33.3. The normalized spacial score (nSPS) is 26.3. The van der Waals surface area contributed by atoms with Gasteiger partial charge in [0, 0.05) is 13.1 Å². The summed E-state index contributed by atoms with van der Waals surface area (Å²) in [5, 5.41) is 0. The van der Waals surface area contributed by atoms with Crippen LogP contribution in [0, 0.1) is 5.92 Å². The standard InChI is InChI=1S/C13H21NO6S/c1-12(2,3)20-11(16)14-7-13(8-14)5-9(10(15)19-4)6-21(13,17)18/h9H,5-8H2,1-4H3. The van der Waals surface area contributed by atoms with Crippen molar-refractivity contribution in [2.75, 3.05) is 26.0 Å². The molecule has 0 aliphatic carbocycles. The Morgan fingerprint density at radius 3 is 2.29 bits per heavy atom. The number of amides is 1. The molecule has 1 atom stereocenters. The van der Waals surface area contributed by atoms with Gasteiger partial charge in [-0.05, 0) is 27.2 Å². The minimum absolute atomic E-state index is 0.0811. The highest BCUT2D eigenvalue weighted by molar-refractivity contribution is 7.93. The zero-order valence-corrected chi connectivity index (χ0v) is 13.5. The van der Waals surface area contributed by atoms with Crippen molar-refractivity contribution in [2.45, 2.75) is 37.5 Å². The molecule has 1 amide bonds. The number of esters is 1. The highest BCUT2D eigenvalue weighted by atomic mass is 32.2. The summed E-state index contributed by atoms with van der Waals surface area (Å²) in [6.45, 7) is 5.41. The van der Waals surface area contributed by atoms with Crippen LogP contribution in [-0.2, 0) is 24.1 Å². The Labute approximate surface area is 124 Å². The summed E-state index contributed by atoms with van der Waals surface area (Å²) in [7, 11) is -2.17. The second-order valence-electron chi connectivity index (χ2n) is 6.73. The topological polar surface area (TPSA) is 90.0 Å². The van der Waals surface area contributed by atoms with E-state index in [1.54, 1.807) is 20.8 Å². The van der Waals surface area contributed by atoms with E-state index in [0.717, 1.165) is 0 Å². The fraction of sp³-hybridized carbons (Fsp3) is 0.846. The van der Waals surface area contributed by atoms with Gasteiger partial charge in [-0.1, -0.05) is 0 Å². The van der Waals surface area contributed by atoms with Crippen molar-refractivity contribution in [3.05, 3.63) is 0 Å². The number of carbonyl (C=O) groups excluding carboxylic acids is 2. The average molecular weight is 319 g/mol. The Morgan fingerprint density at radius 2 is 1.81 bits per heavy atom. The third kappa shape index (κ3) is 2.86. The van der Waals surface area contributed by atoms with Gasteiger partial charge in [0.15, 0.2) is 9.84 Å². The number of sulfone groups is 1. The van der Waals surface area contributed by atoms with Crippen LogP contribution in [0.4, 0.5) is 4.79 Å². The van der Waals surface area contributed by atoms with Crippen LogP contribution in [0.25, 0.3) is 0 Å². The molecule has 0 N–H and O–H groups in total. The maximum Gasteiger partial charge on any atom is 0.410 e. The number of carbonyl (C=O) groups is 2. The predicted molar refractivity (Wildman–Crippen MR) is 74.4 cm³/mol. The molecule has 0 saturated carbocycles. The van der Waals surface area contributed by atoms with Crippen molar-refractivity contribution in [1.29, 1.82) is 0 Å². The van der Waals surface area contributed by atoms with Gasteiger partial charge in [-0.3, -0.25) is 4.79 Å². The van der Waals surface area contributed by atoms with E-state index in [0.29, 0.717) is 0 Å². The van der Waals surface area contributed by atoms with Gasteiger partial charge in [-0.25, -0.2) is 13.2 Å². The van der Waals surface area contributed by atoms with Crippen molar-refractivity contribution in [3.8, 4) is 0 Å². The molecule has 2 aliphatic heterocycles. The summed E-state index contributed by atoms with van der Waals surface area (Å²) in [6, 6.07) is 0. The van der Waals surface area contributed by atoms with Crippen LogP contribution in [0.15, 0.2) is 0 Å². The van der Waals surface area contributed by atoms with Crippen LogP contribution < -0.4 is 0 Å². The predicted octanol–water partition coefficient (Wildman–Crippen LogP) is 0.584. The Morgan fingerprint density at radius 1 is 1.24 bits per heavy atom. The fourth-order valence-corrected chi connectivity index (χ4v) is 5.12.